The predicted octanol–water partition coefficient (Wildman–Crippen LogP) is 4.87. The highest BCUT2D eigenvalue weighted by Gasteiger charge is 2.23. The number of nitrogens with zero attached hydrogens (tertiary/aromatic N) is 1. The number of anilines is 1. The van der Waals surface area contributed by atoms with Crippen LogP contribution in [0.5, 0.6) is 5.75 Å². The lowest BCUT2D eigenvalue weighted by Gasteiger charge is -2.11. The zero-order valence-electron chi connectivity index (χ0n) is 16.0. The van der Waals surface area contributed by atoms with Gasteiger partial charge in [0.25, 0.3) is 10.0 Å². The Hall–Kier alpha value is -3.32. The molecule has 148 valence electrons. The molecule has 1 aromatic heterocycles. The zero-order chi connectivity index (χ0) is 20.4. The second-order valence-electron chi connectivity index (χ2n) is 6.55. The van der Waals surface area contributed by atoms with Crippen LogP contribution in [0.3, 0.4) is 0 Å². The third-order valence-electron chi connectivity index (χ3n) is 4.74. The first kappa shape index (κ1) is 19.0. The van der Waals surface area contributed by atoms with E-state index in [-0.39, 0.29) is 16.5 Å². The Balaban J connectivity index is 1.71. The standard InChI is InChI=1S/C22H20N2O4S/c1-3-15-9-12-19(27-2)21(13-15)29(25,26)24-22-18-11-10-17(14-20(18)28-23-22)16-7-5-4-6-8-16/h4-14H,3H2,1-2H3,(H,23,24). The van der Waals surface area contributed by atoms with E-state index in [1.165, 1.54) is 7.11 Å². The van der Waals surface area contributed by atoms with Crippen LogP contribution in [0.4, 0.5) is 5.82 Å². The number of hydrogen-bond acceptors (Lipinski definition) is 5. The summed E-state index contributed by atoms with van der Waals surface area (Å²) >= 11 is 0. The Labute approximate surface area is 169 Å². The topological polar surface area (TPSA) is 81.4 Å². The summed E-state index contributed by atoms with van der Waals surface area (Å²) in [5.74, 6) is 0.414. The first-order valence-corrected chi connectivity index (χ1v) is 10.6. The molecule has 1 heterocycles. The Kier molecular flexibility index (Phi) is 4.98. The molecular formula is C22H20N2O4S. The van der Waals surface area contributed by atoms with Crippen molar-refractivity contribution in [1.29, 1.82) is 0 Å². The maximum atomic E-state index is 13.0. The van der Waals surface area contributed by atoms with Crippen molar-refractivity contribution in [2.45, 2.75) is 18.2 Å². The fourth-order valence-electron chi connectivity index (χ4n) is 3.15. The average molecular weight is 408 g/mol. The third kappa shape index (κ3) is 3.69. The van der Waals surface area contributed by atoms with Crippen molar-refractivity contribution in [3.63, 3.8) is 0 Å². The summed E-state index contributed by atoms with van der Waals surface area (Å²) in [4.78, 5) is 0.0661. The van der Waals surface area contributed by atoms with E-state index in [1.807, 2.05) is 55.5 Å². The maximum Gasteiger partial charge on any atom is 0.266 e. The van der Waals surface area contributed by atoms with Gasteiger partial charge in [0.2, 0.25) is 0 Å². The lowest BCUT2D eigenvalue weighted by Crippen LogP contribution is -2.15. The van der Waals surface area contributed by atoms with Crippen molar-refractivity contribution < 1.29 is 17.7 Å². The third-order valence-corrected chi connectivity index (χ3v) is 6.10. The lowest BCUT2D eigenvalue weighted by atomic mass is 10.0. The van der Waals surface area contributed by atoms with Gasteiger partial charge in [0.1, 0.15) is 10.6 Å². The lowest BCUT2D eigenvalue weighted by molar-refractivity contribution is 0.402. The molecule has 0 spiro atoms. The highest BCUT2D eigenvalue weighted by atomic mass is 32.2. The molecule has 0 saturated heterocycles. The summed E-state index contributed by atoms with van der Waals surface area (Å²) in [7, 11) is -2.47. The zero-order valence-corrected chi connectivity index (χ0v) is 16.9. The molecule has 0 amide bonds. The average Bonchev–Trinajstić information content (AvgIpc) is 3.15. The predicted molar refractivity (Wildman–Crippen MR) is 113 cm³/mol. The first-order valence-electron chi connectivity index (χ1n) is 9.16. The fraction of sp³-hybridized carbons (Fsp3) is 0.136. The number of ether oxygens (including phenoxy) is 1. The quantitative estimate of drug-likeness (QED) is 0.492. The van der Waals surface area contributed by atoms with Crippen LogP contribution in [-0.4, -0.2) is 20.7 Å². The van der Waals surface area contributed by atoms with E-state index in [2.05, 4.69) is 9.88 Å². The number of benzene rings is 3. The molecule has 4 aromatic rings. The Morgan fingerprint density at radius 3 is 2.52 bits per heavy atom. The number of fused-ring (bicyclic) bond motifs is 1. The number of sulfonamides is 1. The van der Waals surface area contributed by atoms with Crippen molar-refractivity contribution in [2.75, 3.05) is 11.8 Å². The van der Waals surface area contributed by atoms with Crippen molar-refractivity contribution in [2.24, 2.45) is 0 Å². The normalized spacial score (nSPS) is 11.5. The van der Waals surface area contributed by atoms with Crippen LogP contribution in [0, 0.1) is 0 Å². The van der Waals surface area contributed by atoms with E-state index in [4.69, 9.17) is 9.26 Å². The highest BCUT2D eigenvalue weighted by molar-refractivity contribution is 7.92. The maximum absolute atomic E-state index is 13.0. The number of hydrogen-bond donors (Lipinski definition) is 1. The molecule has 0 aliphatic rings. The van der Waals surface area contributed by atoms with Crippen LogP contribution in [-0.2, 0) is 16.4 Å². The molecule has 1 N–H and O–H groups in total. The van der Waals surface area contributed by atoms with Gasteiger partial charge in [0, 0.05) is 0 Å². The second-order valence-corrected chi connectivity index (χ2v) is 8.20. The summed E-state index contributed by atoms with van der Waals surface area (Å²) < 4.78 is 39.2. The largest absolute Gasteiger partial charge is 0.495 e. The van der Waals surface area contributed by atoms with Gasteiger partial charge in [0.15, 0.2) is 11.4 Å². The number of aryl methyl sites for hydroxylation is 1. The molecule has 0 fully saturated rings. The second kappa shape index (κ2) is 7.60. The molecule has 0 aliphatic carbocycles. The van der Waals surface area contributed by atoms with Gasteiger partial charge in [0.05, 0.1) is 12.5 Å². The number of nitrogens with one attached hydrogen (secondary N) is 1. The van der Waals surface area contributed by atoms with Gasteiger partial charge in [-0.05, 0) is 47.4 Å². The van der Waals surface area contributed by atoms with E-state index in [0.717, 1.165) is 16.7 Å². The Bertz CT molecular complexity index is 1260. The SMILES string of the molecule is CCc1ccc(OC)c(S(=O)(=O)Nc2noc3cc(-c4ccccc4)ccc23)c1. The molecule has 0 radical (unpaired) electrons. The smallest absolute Gasteiger partial charge is 0.266 e. The molecular weight excluding hydrogens is 388 g/mol. The summed E-state index contributed by atoms with van der Waals surface area (Å²) in [5, 5.41) is 4.52. The van der Waals surface area contributed by atoms with Crippen LogP contribution in [0.1, 0.15) is 12.5 Å². The van der Waals surface area contributed by atoms with Crippen molar-refractivity contribution in [3.05, 3.63) is 72.3 Å². The summed E-state index contributed by atoms with van der Waals surface area (Å²) in [5.41, 5.74) is 3.39. The minimum absolute atomic E-state index is 0.0661. The molecule has 0 aliphatic heterocycles. The Morgan fingerprint density at radius 2 is 1.79 bits per heavy atom. The van der Waals surface area contributed by atoms with Gasteiger partial charge in [-0.25, -0.2) is 8.42 Å². The van der Waals surface area contributed by atoms with E-state index in [9.17, 15) is 8.42 Å². The Morgan fingerprint density at radius 1 is 1.00 bits per heavy atom. The van der Waals surface area contributed by atoms with Crippen LogP contribution in [0.2, 0.25) is 0 Å². The summed E-state index contributed by atoms with van der Waals surface area (Å²) in [6, 6.07) is 20.5. The van der Waals surface area contributed by atoms with Crippen LogP contribution in [0.25, 0.3) is 22.1 Å². The molecule has 3 aromatic carbocycles. The van der Waals surface area contributed by atoms with Crippen LogP contribution >= 0.6 is 0 Å². The number of methoxy groups -OCH3 is 1. The molecule has 6 nitrogen and oxygen atoms in total. The summed E-state index contributed by atoms with van der Waals surface area (Å²) in [6.45, 7) is 1.96. The van der Waals surface area contributed by atoms with Crippen molar-refractivity contribution in [1.82, 2.24) is 5.16 Å². The van der Waals surface area contributed by atoms with Gasteiger partial charge >= 0.3 is 0 Å². The molecule has 0 bridgehead atoms. The van der Waals surface area contributed by atoms with Gasteiger partial charge in [-0.15, -0.1) is 0 Å². The molecule has 29 heavy (non-hydrogen) atoms. The van der Waals surface area contributed by atoms with Crippen LogP contribution < -0.4 is 9.46 Å². The van der Waals surface area contributed by atoms with Gasteiger partial charge in [-0.2, -0.15) is 0 Å². The van der Waals surface area contributed by atoms with E-state index in [0.29, 0.717) is 17.4 Å². The van der Waals surface area contributed by atoms with Crippen molar-refractivity contribution in [3.8, 4) is 16.9 Å². The van der Waals surface area contributed by atoms with Gasteiger partial charge < -0.3 is 9.26 Å². The molecule has 0 atom stereocenters. The van der Waals surface area contributed by atoms with E-state index in [1.54, 1.807) is 18.2 Å². The van der Waals surface area contributed by atoms with E-state index >= 15 is 0 Å². The minimum Gasteiger partial charge on any atom is -0.495 e. The highest BCUT2D eigenvalue weighted by Crippen LogP contribution is 2.32. The van der Waals surface area contributed by atoms with E-state index < -0.39 is 10.0 Å². The first-order chi connectivity index (χ1) is 14.0. The monoisotopic (exact) mass is 408 g/mol. The molecule has 0 saturated carbocycles. The molecule has 7 heteroatoms. The van der Waals surface area contributed by atoms with Crippen LogP contribution in [0.15, 0.2) is 76.1 Å². The fourth-order valence-corrected chi connectivity index (χ4v) is 4.39. The van der Waals surface area contributed by atoms with Crippen molar-refractivity contribution >= 4 is 26.8 Å². The summed E-state index contributed by atoms with van der Waals surface area (Å²) in [6.07, 6.45) is 0.710. The van der Waals surface area contributed by atoms with Gasteiger partial charge in [-0.1, -0.05) is 54.5 Å². The number of aromatic nitrogens is 1. The number of rotatable bonds is 6. The molecule has 0 unspecified atom stereocenters. The minimum atomic E-state index is -3.91. The molecule has 4 rings (SSSR count). The van der Waals surface area contributed by atoms with Gasteiger partial charge in [-0.3, -0.25) is 4.72 Å².